The molecule has 2 saturated heterocycles. The van der Waals surface area contributed by atoms with Crippen LogP contribution in [-0.2, 0) is 32.2 Å². The Labute approximate surface area is 439 Å². The lowest BCUT2D eigenvalue weighted by Crippen LogP contribution is -2.66. The highest BCUT2D eigenvalue weighted by Gasteiger charge is 2.48. The number of carbonyl (C=O) groups is 3. The quantitative estimate of drug-likeness (QED) is 0.148. The van der Waals surface area contributed by atoms with Crippen molar-refractivity contribution < 1.29 is 42.1 Å². The maximum Gasteiger partial charge on any atom is 0.508 e. The molecular formula is C57H42F2N6O9S2. The minimum absolute atomic E-state index is 0.0424. The molecule has 0 saturated carbocycles. The fraction of sp³-hybridized carbons (Fsp3) is 0.211. The summed E-state index contributed by atoms with van der Waals surface area (Å²) in [7, 11) is 0. The number of aromatic nitrogens is 2. The largest absolute Gasteiger partial charge is 0.508 e. The highest BCUT2D eigenvalue weighted by atomic mass is 32.1. The van der Waals surface area contributed by atoms with Crippen LogP contribution in [0.15, 0.2) is 142 Å². The van der Waals surface area contributed by atoms with E-state index in [-0.39, 0.29) is 62.0 Å². The van der Waals surface area contributed by atoms with Crippen LogP contribution >= 0.6 is 22.7 Å². The number of fused-ring (bicyclic) bond motifs is 14. The SMILES string of the molecule is O=C(OCc1c2n(ccc1=O)N(C1c3ccc(F)cc3-c3ccsc3-c3ccccc31)[C@@H]1COCCN1C2=O)OCc1c2n(ccc1=O)N(C1c3ccc(F)cc3-c3ccsc3-c3ccccc31)[C@@H]1COCCN1C2=O. The van der Waals surface area contributed by atoms with Crippen molar-refractivity contribution in [1.29, 1.82) is 0 Å². The molecule has 15 nitrogen and oxygen atoms in total. The topological polar surface area (TPSA) is 145 Å². The lowest BCUT2D eigenvalue weighted by Gasteiger charge is -2.51. The zero-order valence-electron chi connectivity index (χ0n) is 40.1. The first-order chi connectivity index (χ1) is 37.1. The van der Waals surface area contributed by atoms with E-state index in [1.54, 1.807) is 54.0 Å². The zero-order chi connectivity index (χ0) is 51.5. The van der Waals surface area contributed by atoms with E-state index in [1.165, 1.54) is 48.8 Å². The maximum atomic E-state index is 15.3. The molecule has 76 heavy (non-hydrogen) atoms. The summed E-state index contributed by atoms with van der Waals surface area (Å²) >= 11 is 3.09. The van der Waals surface area contributed by atoms with Crippen LogP contribution in [-0.4, -0.2) is 89.0 Å². The summed E-state index contributed by atoms with van der Waals surface area (Å²) in [6.45, 7) is -0.285. The average Bonchev–Trinajstić information content (AvgIpc) is 4.12. The van der Waals surface area contributed by atoms with Crippen molar-refractivity contribution >= 4 is 40.6 Å². The van der Waals surface area contributed by atoms with Crippen LogP contribution in [0.1, 0.15) is 66.4 Å². The van der Waals surface area contributed by atoms with E-state index in [1.807, 2.05) is 81.4 Å². The second kappa shape index (κ2) is 18.0. The van der Waals surface area contributed by atoms with Crippen molar-refractivity contribution in [3.05, 3.63) is 209 Å². The zero-order valence-corrected chi connectivity index (χ0v) is 41.7. The van der Waals surface area contributed by atoms with Crippen molar-refractivity contribution in [1.82, 2.24) is 19.2 Å². The van der Waals surface area contributed by atoms with Crippen molar-refractivity contribution in [2.45, 2.75) is 37.6 Å². The van der Waals surface area contributed by atoms with Gasteiger partial charge in [0.25, 0.3) is 11.8 Å². The van der Waals surface area contributed by atoms with Crippen LogP contribution in [0.4, 0.5) is 13.6 Å². The third-order valence-corrected chi connectivity index (χ3v) is 17.2. The normalized spacial score (nSPS) is 19.8. The number of hydrogen-bond donors (Lipinski definition) is 0. The molecule has 4 aromatic heterocycles. The molecule has 2 amide bonds. The highest BCUT2D eigenvalue weighted by Crippen LogP contribution is 2.52. The fourth-order valence-corrected chi connectivity index (χ4v) is 14.0. The molecule has 14 rings (SSSR count). The van der Waals surface area contributed by atoms with E-state index in [0.29, 0.717) is 11.1 Å². The summed E-state index contributed by atoms with van der Waals surface area (Å²) in [6.07, 6.45) is 0.425. The van der Waals surface area contributed by atoms with Crippen LogP contribution in [0.5, 0.6) is 0 Å². The lowest BCUT2D eigenvalue weighted by atomic mass is 9.92. The molecule has 6 aliphatic rings. The fourth-order valence-electron chi connectivity index (χ4n) is 12.1. The summed E-state index contributed by atoms with van der Waals surface area (Å²) in [6, 6.07) is 30.4. The Bertz CT molecular complexity index is 3640. The smallest absolute Gasteiger partial charge is 0.429 e. The van der Waals surface area contributed by atoms with Gasteiger partial charge in [-0.3, -0.25) is 38.5 Å². The Hall–Kier alpha value is -8.23. The summed E-state index contributed by atoms with van der Waals surface area (Å²) < 4.78 is 57.2. The van der Waals surface area contributed by atoms with Crippen LogP contribution in [0.3, 0.4) is 0 Å². The van der Waals surface area contributed by atoms with Gasteiger partial charge in [-0.25, -0.2) is 13.6 Å². The lowest BCUT2D eigenvalue weighted by molar-refractivity contribution is -0.0200. The number of amides is 2. The van der Waals surface area contributed by atoms with E-state index in [4.69, 9.17) is 18.9 Å². The third kappa shape index (κ3) is 7.05. The maximum absolute atomic E-state index is 15.3. The Morgan fingerprint density at radius 1 is 0.539 bits per heavy atom. The summed E-state index contributed by atoms with van der Waals surface area (Å²) in [4.78, 5) is 76.6. The van der Waals surface area contributed by atoms with Crippen LogP contribution in [0, 0.1) is 11.6 Å². The highest BCUT2D eigenvalue weighted by molar-refractivity contribution is 7.14. The first kappa shape index (κ1) is 46.3. The summed E-state index contributed by atoms with van der Waals surface area (Å²) in [5.41, 5.74) is 6.73. The van der Waals surface area contributed by atoms with Gasteiger partial charge in [0, 0.05) is 58.5 Å². The van der Waals surface area contributed by atoms with Crippen molar-refractivity contribution in [3.8, 4) is 43.1 Å². The van der Waals surface area contributed by atoms with Crippen LogP contribution in [0.2, 0.25) is 0 Å². The van der Waals surface area contributed by atoms with Gasteiger partial charge in [-0.2, -0.15) is 0 Å². The minimum Gasteiger partial charge on any atom is -0.429 e. The number of hydrogen-bond acceptors (Lipinski definition) is 13. The predicted octanol–water partition coefficient (Wildman–Crippen LogP) is 8.64. The molecule has 8 aromatic rings. The van der Waals surface area contributed by atoms with Crippen LogP contribution in [0.25, 0.3) is 43.1 Å². The second-order valence-electron chi connectivity index (χ2n) is 19.2. The van der Waals surface area contributed by atoms with Gasteiger partial charge in [-0.1, -0.05) is 60.7 Å². The van der Waals surface area contributed by atoms with Gasteiger partial charge < -0.3 is 28.7 Å². The van der Waals surface area contributed by atoms with Crippen molar-refractivity contribution in [2.24, 2.45) is 0 Å². The van der Waals surface area contributed by atoms with Gasteiger partial charge >= 0.3 is 6.16 Å². The number of carbonyl (C=O) groups excluding carboxylic acids is 3. The number of pyridine rings is 2. The number of thiophene rings is 2. The molecule has 0 radical (unpaired) electrons. The second-order valence-corrected chi connectivity index (χ2v) is 21.0. The standard InChI is InChI=1S/C57H42F2N6O9S2/c58-31-9-11-35-41(25-31)39-15-23-75-53(39)37-7-3-1-5-33(37)49(35)64-47-29-71-21-19-60(47)55(68)51-43(45(66)13-17-62(51)64)27-73-57(70)74-28-44-46(67)14-18-63-52(44)56(69)61-20-22-72-30-48(61)65(63)50-34-6-2-4-8-38(34)54-40(16-24-76-54)42-26-32(59)10-12-36(42)50/h1-18,23-26,47-50H,19-22,27-30H2/t47-,48-,49?,50?/m1/s1. The van der Waals surface area contributed by atoms with E-state index >= 15 is 8.78 Å². The van der Waals surface area contributed by atoms with Gasteiger partial charge in [-0.05, 0) is 91.7 Å². The van der Waals surface area contributed by atoms with E-state index < -0.39 is 78.1 Å². The molecule has 8 heterocycles. The number of morpholine rings is 2. The monoisotopic (exact) mass is 1060 g/mol. The van der Waals surface area contributed by atoms with Crippen molar-refractivity contribution in [3.63, 3.8) is 0 Å². The molecule has 0 N–H and O–H groups in total. The number of nitrogens with zero attached hydrogens (tertiary/aromatic N) is 6. The molecule has 19 heteroatoms. The Morgan fingerprint density at radius 3 is 1.43 bits per heavy atom. The van der Waals surface area contributed by atoms with E-state index in [2.05, 4.69) is 0 Å². The van der Waals surface area contributed by atoms with Gasteiger partial charge in [0.15, 0.2) is 10.9 Å². The molecule has 4 atom stereocenters. The summed E-state index contributed by atoms with van der Waals surface area (Å²) in [5.74, 6) is -1.79. The molecule has 2 unspecified atom stereocenters. The first-order valence-corrected chi connectivity index (χ1v) is 26.5. The summed E-state index contributed by atoms with van der Waals surface area (Å²) in [5, 5.41) is 7.90. The molecule has 2 aliphatic carbocycles. The molecule has 380 valence electrons. The van der Waals surface area contributed by atoms with Crippen LogP contribution < -0.4 is 20.9 Å². The van der Waals surface area contributed by atoms with E-state index in [0.717, 1.165) is 54.3 Å². The Balaban J connectivity index is 0.813. The molecular weight excluding hydrogens is 1010 g/mol. The number of rotatable bonds is 6. The minimum atomic E-state index is -1.27. The van der Waals surface area contributed by atoms with Gasteiger partial charge in [0.1, 0.15) is 48.6 Å². The molecule has 2 fully saturated rings. The van der Waals surface area contributed by atoms with Gasteiger partial charge in [-0.15, -0.1) is 22.7 Å². The molecule has 4 aliphatic heterocycles. The third-order valence-electron chi connectivity index (χ3n) is 15.3. The number of halogens is 2. The molecule has 0 bridgehead atoms. The first-order valence-electron chi connectivity index (χ1n) is 24.7. The Morgan fingerprint density at radius 2 is 0.974 bits per heavy atom. The average molecular weight is 1060 g/mol. The predicted molar refractivity (Wildman–Crippen MR) is 278 cm³/mol. The van der Waals surface area contributed by atoms with E-state index in [9.17, 15) is 24.0 Å². The molecule has 0 spiro atoms. The van der Waals surface area contributed by atoms with Crippen molar-refractivity contribution in [2.75, 3.05) is 49.5 Å². The number of ether oxygens (including phenoxy) is 4. The van der Waals surface area contributed by atoms with Gasteiger partial charge in [0.05, 0.1) is 49.6 Å². The Kier molecular flexibility index (Phi) is 11.0. The van der Waals surface area contributed by atoms with Gasteiger partial charge in [0.2, 0.25) is 0 Å². The number of benzene rings is 4. The molecule has 4 aromatic carbocycles.